The van der Waals surface area contributed by atoms with E-state index in [1.54, 1.807) is 48.7 Å². The minimum Gasteiger partial charge on any atom is -0.497 e. The number of pyridine rings is 1. The number of nitrogens with one attached hydrogen (secondary N) is 1. The molecular formula is C23H25N5O4. The Morgan fingerprint density at radius 3 is 2.56 bits per heavy atom. The van der Waals surface area contributed by atoms with E-state index in [1.165, 1.54) is 0 Å². The van der Waals surface area contributed by atoms with Crippen molar-refractivity contribution >= 4 is 17.5 Å². The minimum absolute atomic E-state index is 0.0134. The van der Waals surface area contributed by atoms with E-state index in [2.05, 4.69) is 20.4 Å². The van der Waals surface area contributed by atoms with Crippen molar-refractivity contribution in [1.82, 2.24) is 20.4 Å². The number of rotatable bonds is 7. The highest BCUT2D eigenvalue weighted by Gasteiger charge is 2.37. The number of aromatic nitrogens is 3. The van der Waals surface area contributed by atoms with Crippen molar-refractivity contribution in [2.45, 2.75) is 26.3 Å². The van der Waals surface area contributed by atoms with Gasteiger partial charge in [-0.15, -0.1) is 0 Å². The number of methoxy groups -OCH3 is 1. The van der Waals surface area contributed by atoms with Crippen LogP contribution >= 0.6 is 0 Å². The van der Waals surface area contributed by atoms with E-state index in [0.29, 0.717) is 24.0 Å². The number of nitrogens with zero attached hydrogens (tertiary/aromatic N) is 4. The smallest absolute Gasteiger partial charge is 0.249 e. The molecule has 0 spiro atoms. The molecule has 2 atom stereocenters. The Balaban J connectivity index is 1.45. The molecular weight excluding hydrogens is 410 g/mol. The number of amides is 2. The Kier molecular flexibility index (Phi) is 6.16. The summed E-state index contributed by atoms with van der Waals surface area (Å²) in [6.45, 7) is 4.24. The summed E-state index contributed by atoms with van der Waals surface area (Å²) in [5.41, 5.74) is 1.52. The zero-order chi connectivity index (χ0) is 22.7. The summed E-state index contributed by atoms with van der Waals surface area (Å²) in [5, 5.41) is 7.04. The molecule has 1 aliphatic heterocycles. The van der Waals surface area contributed by atoms with Crippen molar-refractivity contribution in [2.24, 2.45) is 11.8 Å². The Labute approximate surface area is 185 Å². The molecule has 2 aromatic heterocycles. The number of anilines is 1. The molecule has 1 aliphatic rings. The lowest BCUT2D eigenvalue weighted by molar-refractivity contribution is -0.127. The summed E-state index contributed by atoms with van der Waals surface area (Å²) < 4.78 is 10.6. The lowest BCUT2D eigenvalue weighted by atomic mass is 10.0. The van der Waals surface area contributed by atoms with E-state index in [-0.39, 0.29) is 24.2 Å². The first-order valence-corrected chi connectivity index (χ1v) is 10.4. The summed E-state index contributed by atoms with van der Waals surface area (Å²) >= 11 is 0. The van der Waals surface area contributed by atoms with Crippen LogP contribution in [0.5, 0.6) is 5.75 Å². The van der Waals surface area contributed by atoms with E-state index < -0.39 is 12.0 Å². The molecule has 9 heteroatoms. The SMILES string of the molecule is COc1ccc(N2CC(C(=O)NC(c3nc(-c4ccncc4)no3)C(C)C)CC2=O)cc1. The van der Waals surface area contributed by atoms with Gasteiger partial charge in [0.1, 0.15) is 11.8 Å². The highest BCUT2D eigenvalue weighted by Crippen LogP contribution is 2.29. The summed E-state index contributed by atoms with van der Waals surface area (Å²) in [6, 6.07) is 10.3. The van der Waals surface area contributed by atoms with Crippen LogP contribution in [0.1, 0.15) is 32.2 Å². The average molecular weight is 435 g/mol. The lowest BCUT2D eigenvalue weighted by Gasteiger charge is -2.21. The number of hydrogen-bond acceptors (Lipinski definition) is 7. The molecule has 1 saturated heterocycles. The highest BCUT2D eigenvalue weighted by atomic mass is 16.5. The van der Waals surface area contributed by atoms with Crippen molar-refractivity contribution in [1.29, 1.82) is 0 Å². The fourth-order valence-corrected chi connectivity index (χ4v) is 3.66. The second kappa shape index (κ2) is 9.17. The molecule has 1 aromatic carbocycles. The lowest BCUT2D eigenvalue weighted by Crippen LogP contribution is -2.37. The van der Waals surface area contributed by atoms with E-state index in [1.807, 2.05) is 26.0 Å². The maximum atomic E-state index is 13.0. The molecule has 1 fully saturated rings. The maximum Gasteiger partial charge on any atom is 0.249 e. The Morgan fingerprint density at radius 1 is 1.19 bits per heavy atom. The van der Waals surface area contributed by atoms with Gasteiger partial charge in [0.05, 0.1) is 13.0 Å². The minimum atomic E-state index is -0.464. The molecule has 2 unspecified atom stereocenters. The Morgan fingerprint density at radius 2 is 1.91 bits per heavy atom. The van der Waals surface area contributed by atoms with Gasteiger partial charge in [0, 0.05) is 36.6 Å². The fourth-order valence-electron chi connectivity index (χ4n) is 3.66. The van der Waals surface area contributed by atoms with Gasteiger partial charge < -0.3 is 19.5 Å². The Bertz CT molecular complexity index is 1080. The van der Waals surface area contributed by atoms with Crippen LogP contribution in [0.15, 0.2) is 53.3 Å². The van der Waals surface area contributed by atoms with E-state index in [9.17, 15) is 9.59 Å². The third-order valence-corrected chi connectivity index (χ3v) is 5.49. The van der Waals surface area contributed by atoms with Crippen LogP contribution in [0.4, 0.5) is 5.69 Å². The van der Waals surface area contributed by atoms with Crippen LogP contribution in [-0.2, 0) is 9.59 Å². The zero-order valence-electron chi connectivity index (χ0n) is 18.2. The molecule has 2 amide bonds. The molecule has 0 radical (unpaired) electrons. The quantitative estimate of drug-likeness (QED) is 0.607. The second-order valence-electron chi connectivity index (χ2n) is 8.03. The first-order chi connectivity index (χ1) is 15.5. The summed E-state index contributed by atoms with van der Waals surface area (Å²) in [5.74, 6) is 0.722. The molecule has 0 saturated carbocycles. The van der Waals surface area contributed by atoms with Gasteiger partial charge >= 0.3 is 0 Å². The van der Waals surface area contributed by atoms with Gasteiger partial charge in [-0.25, -0.2) is 0 Å². The van der Waals surface area contributed by atoms with Crippen LogP contribution in [0.25, 0.3) is 11.4 Å². The second-order valence-corrected chi connectivity index (χ2v) is 8.03. The topological polar surface area (TPSA) is 110 Å². The molecule has 3 aromatic rings. The van der Waals surface area contributed by atoms with Crippen LogP contribution in [0, 0.1) is 11.8 Å². The largest absolute Gasteiger partial charge is 0.497 e. The first kappa shape index (κ1) is 21.5. The van der Waals surface area contributed by atoms with Crippen LogP contribution in [-0.4, -0.2) is 40.6 Å². The standard InChI is InChI=1S/C23H25N5O4/c1-14(2)20(23-26-21(27-32-23)15-8-10-24-11-9-15)25-22(30)16-12-19(29)28(13-16)17-4-6-18(31-3)7-5-17/h4-11,14,16,20H,12-13H2,1-3H3,(H,25,30). The summed E-state index contributed by atoms with van der Waals surface area (Å²) in [7, 11) is 1.59. The highest BCUT2D eigenvalue weighted by molar-refractivity contribution is 6.00. The fraction of sp³-hybridized carbons (Fsp3) is 0.348. The van der Waals surface area contributed by atoms with E-state index in [0.717, 1.165) is 11.3 Å². The molecule has 166 valence electrons. The predicted octanol–water partition coefficient (Wildman–Crippen LogP) is 3.01. The molecule has 1 N–H and O–H groups in total. The number of carbonyl (C=O) groups excluding carboxylic acids is 2. The van der Waals surface area contributed by atoms with Crippen molar-refractivity contribution in [3.8, 4) is 17.1 Å². The summed E-state index contributed by atoms with van der Waals surface area (Å²) in [4.78, 5) is 35.7. The predicted molar refractivity (Wildman–Crippen MR) is 117 cm³/mol. The van der Waals surface area contributed by atoms with Gasteiger partial charge in [0.15, 0.2) is 0 Å². The molecule has 32 heavy (non-hydrogen) atoms. The first-order valence-electron chi connectivity index (χ1n) is 10.4. The number of benzene rings is 1. The van der Waals surface area contributed by atoms with Gasteiger partial charge in [-0.3, -0.25) is 14.6 Å². The molecule has 0 bridgehead atoms. The van der Waals surface area contributed by atoms with Gasteiger partial charge in [-0.1, -0.05) is 19.0 Å². The molecule has 0 aliphatic carbocycles. The van der Waals surface area contributed by atoms with Crippen molar-refractivity contribution in [3.05, 3.63) is 54.7 Å². The van der Waals surface area contributed by atoms with Gasteiger partial charge in [0.2, 0.25) is 23.5 Å². The third-order valence-electron chi connectivity index (χ3n) is 5.49. The number of hydrogen-bond donors (Lipinski definition) is 1. The maximum absolute atomic E-state index is 13.0. The number of ether oxygens (including phenoxy) is 1. The molecule has 9 nitrogen and oxygen atoms in total. The van der Waals surface area contributed by atoms with Crippen LogP contribution in [0.2, 0.25) is 0 Å². The Hall–Kier alpha value is -3.75. The molecule has 4 rings (SSSR count). The molecule has 3 heterocycles. The zero-order valence-corrected chi connectivity index (χ0v) is 18.2. The summed E-state index contributed by atoms with van der Waals surface area (Å²) in [6.07, 6.45) is 3.45. The number of carbonyl (C=O) groups is 2. The van der Waals surface area contributed by atoms with Crippen molar-refractivity contribution < 1.29 is 18.8 Å². The van der Waals surface area contributed by atoms with E-state index in [4.69, 9.17) is 9.26 Å². The average Bonchev–Trinajstić information content (AvgIpc) is 3.45. The normalized spacial score (nSPS) is 16.9. The van der Waals surface area contributed by atoms with Crippen LogP contribution < -0.4 is 15.0 Å². The monoisotopic (exact) mass is 435 g/mol. The van der Waals surface area contributed by atoms with Crippen molar-refractivity contribution in [3.63, 3.8) is 0 Å². The van der Waals surface area contributed by atoms with Gasteiger partial charge in [-0.05, 0) is 42.3 Å². The van der Waals surface area contributed by atoms with Gasteiger partial charge in [0.25, 0.3) is 0 Å². The van der Waals surface area contributed by atoms with Crippen molar-refractivity contribution in [2.75, 3.05) is 18.6 Å². The van der Waals surface area contributed by atoms with Crippen LogP contribution in [0.3, 0.4) is 0 Å². The van der Waals surface area contributed by atoms with E-state index >= 15 is 0 Å². The third kappa shape index (κ3) is 4.46. The van der Waals surface area contributed by atoms with Gasteiger partial charge in [-0.2, -0.15) is 4.98 Å².